The number of aliphatic hydroxyl groups is 1. The highest BCUT2D eigenvalue weighted by Crippen LogP contribution is 2.28. The van der Waals surface area contributed by atoms with Crippen LogP contribution in [-0.2, 0) is 9.53 Å². The van der Waals surface area contributed by atoms with E-state index in [4.69, 9.17) is 14.9 Å². The van der Waals surface area contributed by atoms with Crippen LogP contribution >= 0.6 is 0 Å². The van der Waals surface area contributed by atoms with E-state index in [1.54, 1.807) is 26.0 Å². The van der Waals surface area contributed by atoms with Crippen LogP contribution in [0.1, 0.15) is 29.2 Å². The molecule has 1 unspecified atom stereocenters. The summed E-state index contributed by atoms with van der Waals surface area (Å²) in [5.74, 6) is -0.921. The Kier molecular flexibility index (Phi) is 5.12. The first kappa shape index (κ1) is 14.5. The fourth-order valence-electron chi connectivity index (χ4n) is 1.72. The lowest BCUT2D eigenvalue weighted by Crippen LogP contribution is -2.16. The summed E-state index contributed by atoms with van der Waals surface area (Å²) in [4.78, 5) is 11.2. The molecule has 0 saturated carbocycles. The van der Waals surface area contributed by atoms with E-state index in [2.05, 4.69) is 0 Å². The highest BCUT2D eigenvalue weighted by molar-refractivity contribution is 5.74. The zero-order valence-electron chi connectivity index (χ0n) is 10.5. The van der Waals surface area contributed by atoms with Gasteiger partial charge < -0.3 is 20.1 Å². The lowest BCUT2D eigenvalue weighted by Gasteiger charge is -2.16. The summed E-state index contributed by atoms with van der Waals surface area (Å²) in [7, 11) is 0. The van der Waals surface area contributed by atoms with Gasteiger partial charge in [-0.3, -0.25) is 0 Å². The van der Waals surface area contributed by atoms with Crippen LogP contribution in [-0.4, -0.2) is 34.5 Å². The van der Waals surface area contributed by atoms with Gasteiger partial charge in [0.05, 0.1) is 6.61 Å². The van der Waals surface area contributed by atoms with Gasteiger partial charge in [-0.15, -0.1) is 0 Å². The number of carbonyl (C=O) groups is 1. The number of carboxylic acids is 1. The van der Waals surface area contributed by atoms with Crippen molar-refractivity contribution in [2.24, 2.45) is 0 Å². The molecule has 1 aromatic carbocycles. The molecule has 0 bridgehead atoms. The molecule has 0 aliphatic rings. The van der Waals surface area contributed by atoms with Gasteiger partial charge in [-0.25, -0.2) is 4.79 Å². The third-order valence-corrected chi connectivity index (χ3v) is 2.63. The number of hydrogen-bond donors (Lipinski definition) is 3. The molecule has 3 N–H and O–H groups in total. The Morgan fingerprint density at radius 3 is 2.33 bits per heavy atom. The average molecular weight is 254 g/mol. The zero-order chi connectivity index (χ0) is 13.7. The number of rotatable bonds is 6. The minimum absolute atomic E-state index is 0.0417. The SMILES string of the molecule is Cc1cc(C(OCCCO)C(=O)O)cc(C)c1O. The minimum Gasteiger partial charge on any atom is -0.507 e. The number of aliphatic hydroxyl groups excluding tert-OH is 1. The van der Waals surface area contributed by atoms with E-state index in [1.165, 1.54) is 0 Å². The van der Waals surface area contributed by atoms with Gasteiger partial charge >= 0.3 is 5.97 Å². The number of benzene rings is 1. The van der Waals surface area contributed by atoms with Gasteiger partial charge in [0.1, 0.15) is 5.75 Å². The van der Waals surface area contributed by atoms with Crippen molar-refractivity contribution in [1.29, 1.82) is 0 Å². The van der Waals surface area contributed by atoms with Crippen molar-refractivity contribution in [3.8, 4) is 5.75 Å². The van der Waals surface area contributed by atoms with Gasteiger partial charge in [0.15, 0.2) is 6.10 Å². The molecular weight excluding hydrogens is 236 g/mol. The number of carboxylic acid groups (broad SMARTS) is 1. The van der Waals surface area contributed by atoms with E-state index in [0.29, 0.717) is 23.1 Å². The Labute approximate surface area is 106 Å². The second kappa shape index (κ2) is 6.37. The van der Waals surface area contributed by atoms with Crippen molar-refractivity contribution < 1.29 is 24.9 Å². The molecule has 0 radical (unpaired) electrons. The topological polar surface area (TPSA) is 87.0 Å². The largest absolute Gasteiger partial charge is 0.507 e. The Balaban J connectivity index is 2.95. The quantitative estimate of drug-likeness (QED) is 0.670. The molecule has 18 heavy (non-hydrogen) atoms. The monoisotopic (exact) mass is 254 g/mol. The van der Waals surface area contributed by atoms with Crippen LogP contribution < -0.4 is 0 Å². The normalized spacial score (nSPS) is 12.4. The third-order valence-electron chi connectivity index (χ3n) is 2.63. The smallest absolute Gasteiger partial charge is 0.337 e. The van der Waals surface area contributed by atoms with Crippen LogP contribution in [0.3, 0.4) is 0 Å². The van der Waals surface area contributed by atoms with Gasteiger partial charge in [-0.05, 0) is 49.1 Å². The fourth-order valence-corrected chi connectivity index (χ4v) is 1.72. The molecule has 0 fully saturated rings. The van der Waals surface area contributed by atoms with Crippen molar-refractivity contribution in [2.75, 3.05) is 13.2 Å². The first-order valence-electron chi connectivity index (χ1n) is 5.72. The highest BCUT2D eigenvalue weighted by Gasteiger charge is 2.21. The van der Waals surface area contributed by atoms with Crippen molar-refractivity contribution >= 4 is 5.97 Å². The summed E-state index contributed by atoms with van der Waals surface area (Å²) in [5.41, 5.74) is 1.72. The summed E-state index contributed by atoms with van der Waals surface area (Å²) in [5, 5.41) is 27.4. The lowest BCUT2D eigenvalue weighted by molar-refractivity contribution is -0.151. The summed E-state index contributed by atoms with van der Waals surface area (Å²) < 4.78 is 5.24. The van der Waals surface area contributed by atoms with E-state index in [9.17, 15) is 9.90 Å². The maximum Gasteiger partial charge on any atom is 0.337 e. The van der Waals surface area contributed by atoms with Gasteiger partial charge in [0.25, 0.3) is 0 Å². The number of aliphatic carboxylic acids is 1. The van der Waals surface area contributed by atoms with Crippen LogP contribution in [0, 0.1) is 13.8 Å². The van der Waals surface area contributed by atoms with Crippen LogP contribution in [0.4, 0.5) is 0 Å². The second-order valence-corrected chi connectivity index (χ2v) is 4.17. The number of aryl methyl sites for hydroxylation is 2. The van der Waals surface area contributed by atoms with E-state index < -0.39 is 12.1 Å². The molecule has 0 aliphatic heterocycles. The van der Waals surface area contributed by atoms with Crippen molar-refractivity contribution in [3.63, 3.8) is 0 Å². The number of ether oxygens (including phenoxy) is 1. The van der Waals surface area contributed by atoms with Crippen LogP contribution in [0.5, 0.6) is 5.75 Å². The molecule has 5 nitrogen and oxygen atoms in total. The van der Waals surface area contributed by atoms with Crippen molar-refractivity contribution in [2.45, 2.75) is 26.4 Å². The van der Waals surface area contributed by atoms with Crippen LogP contribution in [0.25, 0.3) is 0 Å². The molecule has 0 aliphatic carbocycles. The minimum atomic E-state index is -1.09. The van der Waals surface area contributed by atoms with Crippen LogP contribution in [0.15, 0.2) is 12.1 Å². The molecule has 0 saturated heterocycles. The van der Waals surface area contributed by atoms with Crippen molar-refractivity contribution in [3.05, 3.63) is 28.8 Å². The first-order chi connectivity index (χ1) is 8.47. The molecule has 1 atom stereocenters. The van der Waals surface area contributed by atoms with E-state index in [0.717, 1.165) is 0 Å². The predicted molar refractivity (Wildman–Crippen MR) is 65.6 cm³/mol. The van der Waals surface area contributed by atoms with Gasteiger partial charge in [0, 0.05) is 6.61 Å². The molecule has 1 rings (SSSR count). The summed E-state index contributed by atoms with van der Waals surface area (Å²) in [6.07, 6.45) is -0.686. The summed E-state index contributed by atoms with van der Waals surface area (Å²) in [6.45, 7) is 3.54. The third kappa shape index (κ3) is 3.45. The Morgan fingerprint density at radius 1 is 1.33 bits per heavy atom. The maximum absolute atomic E-state index is 11.2. The molecule has 0 spiro atoms. The van der Waals surface area contributed by atoms with E-state index >= 15 is 0 Å². The summed E-state index contributed by atoms with van der Waals surface area (Å²) >= 11 is 0. The number of phenolic OH excluding ortho intramolecular Hbond substituents is 1. The molecule has 5 heteroatoms. The fraction of sp³-hybridized carbons (Fsp3) is 0.462. The molecule has 0 heterocycles. The van der Waals surface area contributed by atoms with Gasteiger partial charge in [0.2, 0.25) is 0 Å². The lowest BCUT2D eigenvalue weighted by atomic mass is 10.0. The molecular formula is C13H18O5. The standard InChI is InChI=1S/C13H18O5/c1-8-6-10(7-9(2)11(8)15)12(13(16)17)18-5-3-4-14/h6-7,12,14-15H,3-5H2,1-2H3,(H,16,17). The average Bonchev–Trinajstić information content (AvgIpc) is 2.30. The van der Waals surface area contributed by atoms with Gasteiger partial charge in [-0.2, -0.15) is 0 Å². The maximum atomic E-state index is 11.2. The predicted octanol–water partition coefficient (Wildman–Crippen LogP) is 1.53. The van der Waals surface area contributed by atoms with E-state index in [-0.39, 0.29) is 19.0 Å². The van der Waals surface area contributed by atoms with Crippen molar-refractivity contribution in [1.82, 2.24) is 0 Å². The number of hydrogen-bond acceptors (Lipinski definition) is 4. The molecule has 0 aromatic heterocycles. The van der Waals surface area contributed by atoms with Gasteiger partial charge in [-0.1, -0.05) is 0 Å². The molecule has 1 aromatic rings. The highest BCUT2D eigenvalue weighted by atomic mass is 16.5. The summed E-state index contributed by atoms with van der Waals surface area (Å²) in [6, 6.07) is 3.19. The van der Waals surface area contributed by atoms with E-state index in [1.807, 2.05) is 0 Å². The molecule has 100 valence electrons. The van der Waals surface area contributed by atoms with Crippen LogP contribution in [0.2, 0.25) is 0 Å². The second-order valence-electron chi connectivity index (χ2n) is 4.17. The Hall–Kier alpha value is -1.59. The zero-order valence-corrected chi connectivity index (χ0v) is 10.5. The number of aromatic hydroxyl groups is 1. The first-order valence-corrected chi connectivity index (χ1v) is 5.72. The Bertz CT molecular complexity index is 404. The Morgan fingerprint density at radius 2 is 1.89 bits per heavy atom. The number of phenols is 1. The molecule has 0 amide bonds.